The highest BCUT2D eigenvalue weighted by Crippen LogP contribution is 2.26. The van der Waals surface area contributed by atoms with Crippen LogP contribution in [0.15, 0.2) is 76.2 Å². The molecule has 0 spiro atoms. The van der Waals surface area contributed by atoms with Gasteiger partial charge in [0.05, 0.1) is 11.6 Å². The van der Waals surface area contributed by atoms with Gasteiger partial charge >= 0.3 is 0 Å². The Morgan fingerprint density at radius 3 is 2.59 bits per heavy atom. The van der Waals surface area contributed by atoms with Gasteiger partial charge in [-0.15, -0.1) is 0 Å². The SMILES string of the molecule is O=c1c(-c2nc(-c3ccccc3Cl)no2)cccn1CCOc1ccc(F)cc1. The maximum Gasteiger partial charge on any atom is 0.263 e. The number of hydrogen-bond donors (Lipinski definition) is 0. The van der Waals surface area contributed by atoms with Crippen LogP contribution < -0.4 is 10.3 Å². The van der Waals surface area contributed by atoms with Crippen LogP contribution in [0.3, 0.4) is 0 Å². The lowest BCUT2D eigenvalue weighted by Crippen LogP contribution is -2.23. The van der Waals surface area contributed by atoms with Gasteiger partial charge in [-0.2, -0.15) is 4.98 Å². The molecule has 0 aliphatic carbocycles. The quantitative estimate of drug-likeness (QED) is 0.469. The van der Waals surface area contributed by atoms with Crippen LogP contribution in [0.2, 0.25) is 5.02 Å². The Hall–Kier alpha value is -3.45. The van der Waals surface area contributed by atoms with Crippen molar-refractivity contribution < 1.29 is 13.7 Å². The van der Waals surface area contributed by atoms with E-state index < -0.39 is 0 Å². The molecule has 0 amide bonds. The molecule has 0 atom stereocenters. The topological polar surface area (TPSA) is 70.2 Å². The molecule has 2 aromatic carbocycles. The highest BCUT2D eigenvalue weighted by molar-refractivity contribution is 6.33. The molecule has 0 bridgehead atoms. The fourth-order valence-corrected chi connectivity index (χ4v) is 2.97. The van der Waals surface area contributed by atoms with Crippen molar-refractivity contribution in [2.75, 3.05) is 6.61 Å². The van der Waals surface area contributed by atoms with Gasteiger partial charge in [0, 0.05) is 11.8 Å². The molecule has 0 radical (unpaired) electrons. The Labute approximate surface area is 170 Å². The molecule has 0 unspecified atom stereocenters. The predicted molar refractivity (Wildman–Crippen MR) is 106 cm³/mol. The summed E-state index contributed by atoms with van der Waals surface area (Å²) < 4.78 is 25.2. The first-order chi connectivity index (χ1) is 14.1. The molecule has 0 saturated carbocycles. The maximum absolute atomic E-state index is 12.9. The Morgan fingerprint density at radius 1 is 1.03 bits per heavy atom. The highest BCUT2D eigenvalue weighted by Gasteiger charge is 2.16. The highest BCUT2D eigenvalue weighted by atomic mass is 35.5. The summed E-state index contributed by atoms with van der Waals surface area (Å²) in [5, 5.41) is 4.42. The number of hydrogen-bond acceptors (Lipinski definition) is 5. The van der Waals surface area contributed by atoms with E-state index in [0.717, 1.165) is 0 Å². The number of nitrogens with zero attached hydrogens (tertiary/aromatic N) is 3. The molecule has 4 rings (SSSR count). The largest absolute Gasteiger partial charge is 0.492 e. The van der Waals surface area contributed by atoms with E-state index in [0.29, 0.717) is 28.7 Å². The van der Waals surface area contributed by atoms with Crippen molar-refractivity contribution in [2.45, 2.75) is 6.54 Å². The van der Waals surface area contributed by atoms with Crippen LogP contribution in [-0.4, -0.2) is 21.3 Å². The minimum Gasteiger partial charge on any atom is -0.492 e. The molecule has 146 valence electrons. The zero-order chi connectivity index (χ0) is 20.2. The molecule has 6 nitrogen and oxygen atoms in total. The normalized spacial score (nSPS) is 10.8. The minimum atomic E-state index is -0.336. The van der Waals surface area contributed by atoms with Crippen LogP contribution in [0.1, 0.15) is 0 Å². The molecule has 2 aromatic heterocycles. The minimum absolute atomic E-state index is 0.110. The zero-order valence-corrected chi connectivity index (χ0v) is 15.8. The summed E-state index contributed by atoms with van der Waals surface area (Å²) in [5.41, 5.74) is 0.609. The van der Waals surface area contributed by atoms with Gasteiger partial charge in [0.15, 0.2) is 0 Å². The number of halogens is 2. The van der Waals surface area contributed by atoms with Crippen molar-refractivity contribution in [3.63, 3.8) is 0 Å². The van der Waals surface area contributed by atoms with Crippen LogP contribution in [-0.2, 0) is 6.54 Å². The van der Waals surface area contributed by atoms with E-state index in [1.165, 1.54) is 28.8 Å². The number of ether oxygens (including phenoxy) is 1. The summed E-state index contributed by atoms with van der Waals surface area (Å²) in [6, 6.07) is 16.1. The first-order valence-electron chi connectivity index (χ1n) is 8.78. The Bertz CT molecular complexity index is 1190. The summed E-state index contributed by atoms with van der Waals surface area (Å²) in [7, 11) is 0. The second-order valence-electron chi connectivity index (χ2n) is 6.13. The van der Waals surface area contributed by atoms with Crippen LogP contribution in [0.5, 0.6) is 5.75 Å². The van der Waals surface area contributed by atoms with Gasteiger partial charge in [-0.1, -0.05) is 28.9 Å². The van der Waals surface area contributed by atoms with E-state index in [1.54, 1.807) is 36.5 Å². The van der Waals surface area contributed by atoms with E-state index in [2.05, 4.69) is 10.1 Å². The van der Waals surface area contributed by atoms with Crippen LogP contribution in [0.25, 0.3) is 22.8 Å². The number of rotatable bonds is 6. The van der Waals surface area contributed by atoms with E-state index >= 15 is 0 Å². The average Bonchev–Trinajstić information content (AvgIpc) is 3.21. The monoisotopic (exact) mass is 411 g/mol. The first-order valence-corrected chi connectivity index (χ1v) is 9.16. The van der Waals surface area contributed by atoms with Crippen molar-refractivity contribution in [1.29, 1.82) is 0 Å². The van der Waals surface area contributed by atoms with Gasteiger partial charge in [-0.25, -0.2) is 4.39 Å². The van der Waals surface area contributed by atoms with E-state index in [-0.39, 0.29) is 29.4 Å². The number of benzene rings is 2. The summed E-state index contributed by atoms with van der Waals surface area (Å²) >= 11 is 6.16. The molecule has 0 fully saturated rings. The fourth-order valence-electron chi connectivity index (χ4n) is 2.75. The molecule has 0 N–H and O–H groups in total. The molecule has 2 heterocycles. The molecule has 4 aromatic rings. The first kappa shape index (κ1) is 18.9. The second-order valence-corrected chi connectivity index (χ2v) is 6.53. The van der Waals surface area contributed by atoms with Crippen LogP contribution in [0, 0.1) is 5.82 Å². The van der Waals surface area contributed by atoms with Gasteiger partial charge in [0.2, 0.25) is 5.82 Å². The van der Waals surface area contributed by atoms with Crippen molar-refractivity contribution in [3.8, 4) is 28.6 Å². The maximum atomic E-state index is 12.9. The molecule has 0 saturated heterocycles. The zero-order valence-electron chi connectivity index (χ0n) is 15.1. The van der Waals surface area contributed by atoms with E-state index in [1.807, 2.05) is 6.07 Å². The molecule has 0 aliphatic rings. The average molecular weight is 412 g/mol. The van der Waals surface area contributed by atoms with Crippen molar-refractivity contribution >= 4 is 11.6 Å². The Morgan fingerprint density at radius 2 is 1.79 bits per heavy atom. The van der Waals surface area contributed by atoms with E-state index in [4.69, 9.17) is 20.9 Å². The third-order valence-corrected chi connectivity index (χ3v) is 4.54. The molecule has 0 aliphatic heterocycles. The van der Waals surface area contributed by atoms with Crippen molar-refractivity contribution in [1.82, 2.24) is 14.7 Å². The third-order valence-electron chi connectivity index (χ3n) is 4.21. The third kappa shape index (κ3) is 4.20. The van der Waals surface area contributed by atoms with E-state index in [9.17, 15) is 9.18 Å². The molecule has 8 heteroatoms. The smallest absolute Gasteiger partial charge is 0.263 e. The van der Waals surface area contributed by atoms with Crippen molar-refractivity contribution in [2.24, 2.45) is 0 Å². The Balaban J connectivity index is 1.52. The van der Waals surface area contributed by atoms with Gasteiger partial charge in [0.25, 0.3) is 11.4 Å². The van der Waals surface area contributed by atoms with Gasteiger partial charge in [-0.3, -0.25) is 4.79 Å². The summed E-state index contributed by atoms with van der Waals surface area (Å²) in [5.74, 6) is 0.604. The van der Waals surface area contributed by atoms with Gasteiger partial charge in [0.1, 0.15) is 23.7 Å². The Kier molecular flexibility index (Phi) is 5.39. The number of aromatic nitrogens is 3. The lowest BCUT2D eigenvalue weighted by Gasteiger charge is -2.08. The molecular weight excluding hydrogens is 397 g/mol. The molecule has 29 heavy (non-hydrogen) atoms. The summed E-state index contributed by atoms with van der Waals surface area (Å²) in [6.07, 6.45) is 1.64. The standard InChI is InChI=1S/C21H15ClFN3O3/c22-18-6-2-1-4-16(18)19-24-20(29-25-19)17-5-3-11-26(21(17)27)12-13-28-15-9-7-14(23)8-10-15/h1-11H,12-13H2. The lowest BCUT2D eigenvalue weighted by atomic mass is 10.2. The predicted octanol–water partition coefficient (Wildman–Crippen LogP) is 4.44. The van der Waals surface area contributed by atoms with Crippen molar-refractivity contribution in [3.05, 3.63) is 88.1 Å². The van der Waals surface area contributed by atoms with Gasteiger partial charge in [-0.05, 0) is 48.5 Å². The lowest BCUT2D eigenvalue weighted by molar-refractivity contribution is 0.296. The summed E-state index contributed by atoms with van der Waals surface area (Å²) in [4.78, 5) is 17.1. The van der Waals surface area contributed by atoms with Crippen LogP contribution >= 0.6 is 11.6 Å². The van der Waals surface area contributed by atoms with Gasteiger partial charge < -0.3 is 13.8 Å². The summed E-state index contributed by atoms with van der Waals surface area (Å²) in [6.45, 7) is 0.541. The number of pyridine rings is 1. The second kappa shape index (κ2) is 8.28. The van der Waals surface area contributed by atoms with Crippen LogP contribution in [0.4, 0.5) is 4.39 Å². The molecular formula is C21H15ClFN3O3. The fraction of sp³-hybridized carbons (Fsp3) is 0.0952.